The van der Waals surface area contributed by atoms with Crippen LogP contribution in [-0.2, 0) is 16.6 Å². The second kappa shape index (κ2) is 4.92. The SMILES string of the molecule is CC(C)C1(CNS(=O)(=O)c2cc(CO)cs2)CC1. The highest BCUT2D eigenvalue weighted by Gasteiger charge is 2.45. The summed E-state index contributed by atoms with van der Waals surface area (Å²) in [5.41, 5.74) is 0.801. The minimum absolute atomic E-state index is 0.123. The summed E-state index contributed by atoms with van der Waals surface area (Å²) in [6, 6.07) is 1.53. The molecule has 1 aliphatic rings. The van der Waals surface area contributed by atoms with E-state index in [1.54, 1.807) is 5.38 Å². The molecule has 2 N–H and O–H groups in total. The molecule has 0 spiro atoms. The number of aliphatic hydroxyl groups is 1. The van der Waals surface area contributed by atoms with Gasteiger partial charge >= 0.3 is 0 Å². The van der Waals surface area contributed by atoms with Crippen LogP contribution in [0.5, 0.6) is 0 Å². The van der Waals surface area contributed by atoms with E-state index in [4.69, 9.17) is 5.11 Å². The topological polar surface area (TPSA) is 66.4 Å². The zero-order valence-electron chi connectivity index (χ0n) is 10.6. The summed E-state index contributed by atoms with van der Waals surface area (Å²) >= 11 is 1.15. The lowest BCUT2D eigenvalue weighted by Gasteiger charge is -2.19. The molecular formula is C12H19NO3S2. The van der Waals surface area contributed by atoms with Crippen LogP contribution in [0.15, 0.2) is 15.7 Å². The zero-order valence-corrected chi connectivity index (χ0v) is 12.3. The van der Waals surface area contributed by atoms with Crippen molar-refractivity contribution in [2.75, 3.05) is 6.54 Å². The van der Waals surface area contributed by atoms with E-state index in [9.17, 15) is 8.42 Å². The molecule has 2 rings (SSSR count). The zero-order chi connectivity index (χ0) is 13.4. The van der Waals surface area contributed by atoms with Crippen LogP contribution in [0, 0.1) is 11.3 Å². The van der Waals surface area contributed by atoms with E-state index < -0.39 is 10.0 Å². The van der Waals surface area contributed by atoms with Crippen molar-refractivity contribution in [3.05, 3.63) is 17.0 Å². The van der Waals surface area contributed by atoms with Gasteiger partial charge in [0.15, 0.2) is 0 Å². The van der Waals surface area contributed by atoms with E-state index in [-0.39, 0.29) is 16.2 Å². The quantitative estimate of drug-likeness (QED) is 0.841. The summed E-state index contributed by atoms with van der Waals surface area (Å²) in [4.78, 5) is 0. The van der Waals surface area contributed by atoms with Gasteiger partial charge in [-0.05, 0) is 41.2 Å². The minimum Gasteiger partial charge on any atom is -0.392 e. The Morgan fingerprint density at radius 3 is 2.61 bits per heavy atom. The van der Waals surface area contributed by atoms with Crippen LogP contribution in [0.1, 0.15) is 32.3 Å². The Morgan fingerprint density at radius 2 is 2.17 bits per heavy atom. The Morgan fingerprint density at radius 1 is 1.50 bits per heavy atom. The van der Waals surface area contributed by atoms with Gasteiger partial charge in [0.1, 0.15) is 4.21 Å². The number of hydrogen-bond acceptors (Lipinski definition) is 4. The Kier molecular flexibility index (Phi) is 3.82. The van der Waals surface area contributed by atoms with E-state index in [0.717, 1.165) is 24.2 Å². The summed E-state index contributed by atoms with van der Waals surface area (Å²) in [5.74, 6) is 0.497. The van der Waals surface area contributed by atoms with Crippen LogP contribution >= 0.6 is 11.3 Å². The lowest BCUT2D eigenvalue weighted by atomic mass is 9.93. The summed E-state index contributed by atoms with van der Waals surface area (Å²) in [7, 11) is -3.42. The van der Waals surface area contributed by atoms with Gasteiger partial charge in [0.2, 0.25) is 10.0 Å². The van der Waals surface area contributed by atoms with Gasteiger partial charge in [0.05, 0.1) is 6.61 Å². The molecule has 0 unspecified atom stereocenters. The standard InChI is InChI=1S/C12H19NO3S2/c1-9(2)12(3-4-12)8-13-18(15,16)11-5-10(6-14)7-17-11/h5,7,9,13-14H,3-4,6,8H2,1-2H3. The molecule has 1 heterocycles. The molecule has 0 saturated heterocycles. The maximum absolute atomic E-state index is 12.1. The highest BCUT2D eigenvalue weighted by molar-refractivity contribution is 7.91. The van der Waals surface area contributed by atoms with E-state index in [2.05, 4.69) is 18.6 Å². The van der Waals surface area contributed by atoms with Gasteiger partial charge in [-0.1, -0.05) is 13.8 Å². The molecule has 4 nitrogen and oxygen atoms in total. The first-order valence-electron chi connectivity index (χ1n) is 6.07. The predicted molar refractivity (Wildman–Crippen MR) is 71.9 cm³/mol. The maximum Gasteiger partial charge on any atom is 0.250 e. The molecule has 102 valence electrons. The third kappa shape index (κ3) is 2.77. The lowest BCUT2D eigenvalue weighted by molar-refractivity contribution is 0.282. The second-order valence-corrected chi connectivity index (χ2v) is 8.18. The highest BCUT2D eigenvalue weighted by atomic mass is 32.2. The summed E-state index contributed by atoms with van der Waals surface area (Å²) < 4.78 is 27.1. The van der Waals surface area contributed by atoms with Crippen molar-refractivity contribution in [2.45, 2.75) is 37.5 Å². The second-order valence-electron chi connectivity index (χ2n) is 5.27. The molecule has 0 bridgehead atoms. The average Bonchev–Trinajstić information content (AvgIpc) is 2.96. The van der Waals surface area contributed by atoms with Crippen LogP contribution in [0.3, 0.4) is 0 Å². The van der Waals surface area contributed by atoms with Crippen molar-refractivity contribution >= 4 is 21.4 Å². The largest absolute Gasteiger partial charge is 0.392 e. The summed E-state index contributed by atoms with van der Waals surface area (Å²) in [6.07, 6.45) is 2.19. The van der Waals surface area contributed by atoms with Crippen molar-refractivity contribution in [1.29, 1.82) is 0 Å². The van der Waals surface area contributed by atoms with E-state index >= 15 is 0 Å². The third-order valence-corrected chi connectivity index (χ3v) is 6.70. The van der Waals surface area contributed by atoms with Crippen molar-refractivity contribution < 1.29 is 13.5 Å². The molecule has 0 amide bonds. The van der Waals surface area contributed by atoms with Gasteiger partial charge in [0, 0.05) is 6.54 Å². The smallest absolute Gasteiger partial charge is 0.250 e. The molecule has 6 heteroatoms. The van der Waals surface area contributed by atoms with Crippen LogP contribution < -0.4 is 4.72 Å². The number of aliphatic hydroxyl groups excluding tert-OH is 1. The first-order valence-corrected chi connectivity index (χ1v) is 8.44. The van der Waals surface area contributed by atoms with Crippen LogP contribution in [0.25, 0.3) is 0 Å². The molecule has 1 saturated carbocycles. The first kappa shape index (κ1) is 14.0. The highest BCUT2D eigenvalue weighted by Crippen LogP contribution is 2.51. The molecule has 0 aromatic carbocycles. The Hall–Kier alpha value is -0.430. The Bertz CT molecular complexity index is 515. The van der Waals surface area contributed by atoms with Crippen molar-refractivity contribution in [1.82, 2.24) is 4.72 Å². The number of rotatable bonds is 6. The van der Waals surface area contributed by atoms with E-state index in [0.29, 0.717) is 18.0 Å². The van der Waals surface area contributed by atoms with Crippen molar-refractivity contribution in [3.63, 3.8) is 0 Å². The molecule has 0 aliphatic heterocycles. The van der Waals surface area contributed by atoms with Crippen LogP contribution in [0.2, 0.25) is 0 Å². The van der Waals surface area contributed by atoms with Crippen LogP contribution in [-0.4, -0.2) is 20.1 Å². The number of nitrogens with one attached hydrogen (secondary N) is 1. The molecule has 1 aliphatic carbocycles. The molecule has 0 atom stereocenters. The summed E-state index contributed by atoms with van der Waals surface area (Å²) in [6.45, 7) is 4.66. The number of hydrogen-bond donors (Lipinski definition) is 2. The number of sulfonamides is 1. The van der Waals surface area contributed by atoms with Gasteiger partial charge in [-0.3, -0.25) is 0 Å². The van der Waals surface area contributed by atoms with Gasteiger partial charge < -0.3 is 5.11 Å². The van der Waals surface area contributed by atoms with Gasteiger partial charge in [-0.2, -0.15) is 0 Å². The molecule has 1 aromatic heterocycles. The minimum atomic E-state index is -3.42. The monoisotopic (exact) mass is 289 g/mol. The Labute approximate surface area is 112 Å². The molecule has 0 radical (unpaired) electrons. The van der Waals surface area contributed by atoms with E-state index in [1.807, 2.05) is 0 Å². The third-order valence-electron chi connectivity index (χ3n) is 3.81. The Balaban J connectivity index is 2.04. The molecule has 18 heavy (non-hydrogen) atoms. The first-order chi connectivity index (χ1) is 8.39. The van der Waals surface area contributed by atoms with Gasteiger partial charge in [0.25, 0.3) is 0 Å². The fraction of sp³-hybridized carbons (Fsp3) is 0.667. The fourth-order valence-electron chi connectivity index (χ4n) is 2.01. The maximum atomic E-state index is 12.1. The average molecular weight is 289 g/mol. The predicted octanol–water partition coefficient (Wildman–Crippen LogP) is 1.95. The number of thiophene rings is 1. The molecule has 1 fully saturated rings. The van der Waals surface area contributed by atoms with Crippen molar-refractivity contribution in [3.8, 4) is 0 Å². The van der Waals surface area contributed by atoms with Gasteiger partial charge in [-0.25, -0.2) is 13.1 Å². The molecule has 1 aromatic rings. The van der Waals surface area contributed by atoms with Gasteiger partial charge in [-0.15, -0.1) is 11.3 Å². The fourth-order valence-corrected chi connectivity index (χ4v) is 4.39. The lowest BCUT2D eigenvalue weighted by Crippen LogP contribution is -2.32. The van der Waals surface area contributed by atoms with E-state index in [1.165, 1.54) is 6.07 Å². The van der Waals surface area contributed by atoms with Crippen LogP contribution in [0.4, 0.5) is 0 Å². The molecular weight excluding hydrogens is 270 g/mol. The summed E-state index contributed by atoms with van der Waals surface area (Å²) in [5, 5.41) is 10.6. The normalized spacial score (nSPS) is 18.2. The van der Waals surface area contributed by atoms with Crippen molar-refractivity contribution in [2.24, 2.45) is 11.3 Å².